The van der Waals surface area contributed by atoms with Gasteiger partial charge in [-0.25, -0.2) is 0 Å². The number of ketones is 1. The summed E-state index contributed by atoms with van der Waals surface area (Å²) in [5, 5.41) is 0.231. The molecule has 0 amide bonds. The van der Waals surface area contributed by atoms with Gasteiger partial charge in [-0.1, -0.05) is 26.8 Å². The first-order valence-electron chi connectivity index (χ1n) is 6.53. The molecule has 2 nitrogen and oxygen atoms in total. The predicted molar refractivity (Wildman–Crippen MR) is 74.7 cm³/mol. The monoisotopic (exact) mass is 254 g/mol. The molecule has 0 aromatic rings. The molecule has 0 spiro atoms. The molecule has 0 aromatic carbocycles. The van der Waals surface area contributed by atoms with Crippen molar-refractivity contribution in [2.75, 3.05) is 0 Å². The first kappa shape index (κ1) is 14.6. The number of carbonyl (C=O) groups is 1. The molecule has 0 saturated carbocycles. The second-order valence-electron chi connectivity index (χ2n) is 6.56. The van der Waals surface area contributed by atoms with E-state index in [4.69, 9.17) is 4.43 Å². The Labute approximate surface area is 107 Å². The molecular weight excluding hydrogens is 228 g/mol. The lowest BCUT2D eigenvalue weighted by atomic mass is 9.95. The fourth-order valence-corrected chi connectivity index (χ4v) is 3.12. The van der Waals surface area contributed by atoms with Crippen LogP contribution in [0, 0.1) is 0 Å². The molecule has 0 fully saturated rings. The highest BCUT2D eigenvalue weighted by Crippen LogP contribution is 2.38. The SMILES string of the molecule is CC(=O)C1=CC(O[Si](C)(C)C(C)(C)C)CCC1. The topological polar surface area (TPSA) is 26.3 Å². The van der Waals surface area contributed by atoms with Gasteiger partial charge in [0.1, 0.15) is 0 Å². The van der Waals surface area contributed by atoms with E-state index in [0.717, 1.165) is 24.8 Å². The third-order valence-electron chi connectivity index (χ3n) is 4.03. The third-order valence-corrected chi connectivity index (χ3v) is 8.53. The molecule has 0 heterocycles. The Hall–Kier alpha value is -0.413. The van der Waals surface area contributed by atoms with Crippen molar-refractivity contribution in [1.82, 2.24) is 0 Å². The lowest BCUT2D eigenvalue weighted by Gasteiger charge is -2.39. The Balaban J connectivity index is 2.76. The van der Waals surface area contributed by atoms with E-state index in [1.54, 1.807) is 6.92 Å². The van der Waals surface area contributed by atoms with Gasteiger partial charge in [0.2, 0.25) is 0 Å². The zero-order chi connectivity index (χ0) is 13.3. The van der Waals surface area contributed by atoms with Crippen molar-refractivity contribution >= 4 is 14.1 Å². The fourth-order valence-electron chi connectivity index (χ4n) is 1.83. The Morgan fingerprint density at radius 3 is 2.47 bits per heavy atom. The maximum absolute atomic E-state index is 11.4. The average molecular weight is 254 g/mol. The number of carbonyl (C=O) groups excluding carboxylic acids is 1. The van der Waals surface area contributed by atoms with Gasteiger partial charge in [-0.2, -0.15) is 0 Å². The molecule has 1 rings (SSSR count). The summed E-state index contributed by atoms with van der Waals surface area (Å²) in [5.74, 6) is 0.202. The van der Waals surface area contributed by atoms with E-state index >= 15 is 0 Å². The van der Waals surface area contributed by atoms with Crippen molar-refractivity contribution in [2.24, 2.45) is 0 Å². The van der Waals surface area contributed by atoms with Crippen LogP contribution in [0.1, 0.15) is 47.0 Å². The van der Waals surface area contributed by atoms with Gasteiger partial charge in [0.05, 0.1) is 6.10 Å². The molecule has 3 heteroatoms. The lowest BCUT2D eigenvalue weighted by Crippen LogP contribution is -2.44. The van der Waals surface area contributed by atoms with Crippen LogP contribution in [0.15, 0.2) is 11.6 Å². The van der Waals surface area contributed by atoms with Crippen LogP contribution < -0.4 is 0 Å². The molecule has 17 heavy (non-hydrogen) atoms. The first-order valence-corrected chi connectivity index (χ1v) is 9.44. The van der Waals surface area contributed by atoms with Crippen LogP contribution in [-0.2, 0) is 9.22 Å². The van der Waals surface area contributed by atoms with Gasteiger partial charge in [-0.05, 0) is 49.9 Å². The Kier molecular flexibility index (Phi) is 4.36. The quantitative estimate of drug-likeness (QED) is 0.709. The zero-order valence-electron chi connectivity index (χ0n) is 12.1. The number of rotatable bonds is 3. The van der Waals surface area contributed by atoms with Crippen molar-refractivity contribution in [3.63, 3.8) is 0 Å². The third kappa shape index (κ3) is 3.78. The average Bonchev–Trinajstić information content (AvgIpc) is 2.15. The molecule has 0 bridgehead atoms. The molecule has 0 radical (unpaired) electrons. The summed E-state index contributed by atoms with van der Waals surface area (Å²) in [7, 11) is -1.71. The van der Waals surface area contributed by atoms with E-state index in [-0.39, 0.29) is 16.9 Å². The van der Waals surface area contributed by atoms with Gasteiger partial charge >= 0.3 is 0 Å². The highest BCUT2D eigenvalue weighted by atomic mass is 28.4. The molecule has 1 atom stereocenters. The van der Waals surface area contributed by atoms with Crippen molar-refractivity contribution in [3.8, 4) is 0 Å². The summed E-state index contributed by atoms with van der Waals surface area (Å²) in [5.41, 5.74) is 0.958. The molecule has 1 aliphatic carbocycles. The van der Waals surface area contributed by atoms with Crippen LogP contribution in [0.4, 0.5) is 0 Å². The minimum atomic E-state index is -1.71. The fraction of sp³-hybridized carbons (Fsp3) is 0.786. The summed E-state index contributed by atoms with van der Waals surface area (Å²) in [6.45, 7) is 12.9. The normalized spacial score (nSPS) is 22.2. The van der Waals surface area contributed by atoms with Crippen LogP contribution in [0.25, 0.3) is 0 Å². The summed E-state index contributed by atoms with van der Waals surface area (Å²) < 4.78 is 6.33. The second kappa shape index (κ2) is 5.07. The summed E-state index contributed by atoms with van der Waals surface area (Å²) in [4.78, 5) is 11.4. The van der Waals surface area contributed by atoms with E-state index in [9.17, 15) is 4.79 Å². The smallest absolute Gasteiger partial charge is 0.192 e. The maximum Gasteiger partial charge on any atom is 0.192 e. The number of Topliss-reactive ketones (excluding diaryl/α,β-unsaturated/α-hetero) is 1. The predicted octanol–water partition coefficient (Wildman–Crippen LogP) is 4.08. The number of hydrogen-bond acceptors (Lipinski definition) is 2. The Morgan fingerprint density at radius 1 is 1.41 bits per heavy atom. The van der Waals surface area contributed by atoms with Crippen molar-refractivity contribution in [2.45, 2.75) is 71.2 Å². The van der Waals surface area contributed by atoms with E-state index in [1.165, 1.54) is 0 Å². The van der Waals surface area contributed by atoms with Crippen LogP contribution in [0.3, 0.4) is 0 Å². The summed E-state index contributed by atoms with van der Waals surface area (Å²) in [6, 6.07) is 0. The van der Waals surface area contributed by atoms with Crippen LogP contribution >= 0.6 is 0 Å². The lowest BCUT2D eigenvalue weighted by molar-refractivity contribution is -0.113. The van der Waals surface area contributed by atoms with E-state index < -0.39 is 8.32 Å². The molecule has 0 aromatic heterocycles. The first-order chi connectivity index (χ1) is 7.63. The van der Waals surface area contributed by atoms with Crippen LogP contribution in [0.2, 0.25) is 18.1 Å². The van der Waals surface area contributed by atoms with Gasteiger partial charge in [-0.15, -0.1) is 0 Å². The molecule has 1 unspecified atom stereocenters. The minimum absolute atomic E-state index is 0.156. The Morgan fingerprint density at radius 2 is 2.00 bits per heavy atom. The summed E-state index contributed by atoms with van der Waals surface area (Å²) in [6.07, 6.45) is 5.27. The van der Waals surface area contributed by atoms with Crippen LogP contribution in [0.5, 0.6) is 0 Å². The van der Waals surface area contributed by atoms with Gasteiger partial charge in [-0.3, -0.25) is 4.79 Å². The molecule has 0 N–H and O–H groups in total. The van der Waals surface area contributed by atoms with E-state index in [0.29, 0.717) is 0 Å². The minimum Gasteiger partial charge on any atom is -0.411 e. The molecule has 0 aliphatic heterocycles. The summed E-state index contributed by atoms with van der Waals surface area (Å²) >= 11 is 0. The van der Waals surface area contributed by atoms with Gasteiger partial charge < -0.3 is 4.43 Å². The van der Waals surface area contributed by atoms with Crippen molar-refractivity contribution in [1.29, 1.82) is 0 Å². The van der Waals surface area contributed by atoms with Crippen LogP contribution in [-0.4, -0.2) is 20.2 Å². The van der Waals surface area contributed by atoms with Crippen molar-refractivity contribution in [3.05, 3.63) is 11.6 Å². The highest BCUT2D eigenvalue weighted by Gasteiger charge is 2.39. The van der Waals surface area contributed by atoms with Gasteiger partial charge in [0.25, 0.3) is 0 Å². The Bertz CT molecular complexity index is 324. The second-order valence-corrected chi connectivity index (χ2v) is 11.3. The highest BCUT2D eigenvalue weighted by molar-refractivity contribution is 6.74. The van der Waals surface area contributed by atoms with Gasteiger partial charge in [0.15, 0.2) is 14.1 Å². The number of hydrogen-bond donors (Lipinski definition) is 0. The van der Waals surface area contributed by atoms with E-state index in [1.807, 2.05) is 0 Å². The zero-order valence-corrected chi connectivity index (χ0v) is 13.1. The molecule has 98 valence electrons. The van der Waals surface area contributed by atoms with Crippen molar-refractivity contribution < 1.29 is 9.22 Å². The largest absolute Gasteiger partial charge is 0.411 e. The van der Waals surface area contributed by atoms with Gasteiger partial charge in [0, 0.05) is 0 Å². The maximum atomic E-state index is 11.4. The van der Waals surface area contributed by atoms with E-state index in [2.05, 4.69) is 39.9 Å². The standard InChI is InChI=1S/C14H26O2Si/c1-11(15)12-8-7-9-13(10-12)16-17(5,6)14(2,3)4/h10,13H,7-9H2,1-6H3. The molecule has 1 aliphatic rings. The number of allylic oxidation sites excluding steroid dienone is 1. The molecule has 0 saturated heterocycles. The molecular formula is C14H26O2Si.